The number of halogens is 2. The van der Waals surface area contributed by atoms with Gasteiger partial charge in [-0.2, -0.15) is 0 Å². The third-order valence-corrected chi connectivity index (χ3v) is 5.81. The lowest BCUT2D eigenvalue weighted by Gasteiger charge is -2.29. The van der Waals surface area contributed by atoms with Crippen molar-refractivity contribution in [1.29, 1.82) is 0 Å². The number of hydrogen-bond donors (Lipinski definition) is 0. The maximum atomic E-state index is 14.2. The molecule has 2 atom stereocenters. The molecule has 0 amide bonds. The smallest absolute Gasteiger partial charge is 0.130 e. The second-order valence-corrected chi connectivity index (χ2v) is 8.72. The van der Waals surface area contributed by atoms with Gasteiger partial charge in [-0.25, -0.2) is 4.39 Å². The monoisotopic (exact) mass is 424 g/mol. The molecule has 0 spiro atoms. The molecular formula is C20H22BrFO2S. The van der Waals surface area contributed by atoms with Crippen LogP contribution in [-0.2, 0) is 4.74 Å². The summed E-state index contributed by atoms with van der Waals surface area (Å²) in [7, 11) is 0. The van der Waals surface area contributed by atoms with Crippen LogP contribution in [0, 0.1) is 5.82 Å². The summed E-state index contributed by atoms with van der Waals surface area (Å²) in [4.78, 5) is 1.18. The van der Waals surface area contributed by atoms with Crippen LogP contribution in [0.5, 0.6) is 5.75 Å². The van der Waals surface area contributed by atoms with E-state index >= 15 is 0 Å². The highest BCUT2D eigenvalue weighted by molar-refractivity contribution is 9.10. The number of benzene rings is 2. The Bertz CT molecular complexity index is 723. The summed E-state index contributed by atoms with van der Waals surface area (Å²) < 4.78 is 26.6. The molecule has 0 bridgehead atoms. The Labute approximate surface area is 161 Å². The highest BCUT2D eigenvalue weighted by atomic mass is 79.9. The van der Waals surface area contributed by atoms with Crippen molar-refractivity contribution in [3.8, 4) is 5.75 Å². The van der Waals surface area contributed by atoms with Gasteiger partial charge in [-0.15, -0.1) is 11.8 Å². The normalized spacial score (nSPS) is 20.7. The first-order valence-electron chi connectivity index (χ1n) is 8.51. The average Bonchev–Trinajstić information content (AvgIpc) is 2.55. The molecule has 5 heteroatoms. The van der Waals surface area contributed by atoms with Gasteiger partial charge in [0, 0.05) is 26.8 Å². The molecule has 2 aromatic carbocycles. The Morgan fingerprint density at radius 1 is 1.24 bits per heavy atom. The van der Waals surface area contributed by atoms with Crippen LogP contribution >= 0.6 is 27.7 Å². The fraction of sp³-hybridized carbons (Fsp3) is 0.400. The van der Waals surface area contributed by atoms with Gasteiger partial charge in [0.15, 0.2) is 0 Å². The zero-order chi connectivity index (χ0) is 17.8. The number of rotatable bonds is 5. The van der Waals surface area contributed by atoms with Crippen LogP contribution < -0.4 is 4.74 Å². The molecule has 134 valence electrons. The van der Waals surface area contributed by atoms with Gasteiger partial charge in [-0.05, 0) is 57.0 Å². The molecule has 3 rings (SSSR count). The van der Waals surface area contributed by atoms with Crippen molar-refractivity contribution < 1.29 is 13.9 Å². The van der Waals surface area contributed by atoms with E-state index in [1.807, 2.05) is 49.9 Å². The third-order valence-electron chi connectivity index (χ3n) is 4.03. The number of ether oxygens (including phenoxy) is 2. The van der Waals surface area contributed by atoms with Crippen LogP contribution in [0.1, 0.15) is 38.4 Å². The van der Waals surface area contributed by atoms with Crippen LogP contribution in [0.25, 0.3) is 0 Å². The molecular weight excluding hydrogens is 403 g/mol. The maximum Gasteiger partial charge on any atom is 0.130 e. The summed E-state index contributed by atoms with van der Waals surface area (Å²) in [6, 6.07) is 13.4. The Kier molecular flexibility index (Phi) is 6.42. The number of thioether (sulfide) groups is 1. The minimum Gasteiger partial charge on any atom is -0.491 e. The summed E-state index contributed by atoms with van der Waals surface area (Å²) in [5, 5.41) is 0.399. The highest BCUT2D eigenvalue weighted by Gasteiger charge is 2.26. The molecule has 2 unspecified atom stereocenters. The first-order chi connectivity index (χ1) is 12.0. The highest BCUT2D eigenvalue weighted by Crippen LogP contribution is 2.39. The minimum atomic E-state index is -0.211. The zero-order valence-corrected chi connectivity index (χ0v) is 16.8. The van der Waals surface area contributed by atoms with Gasteiger partial charge in [-0.3, -0.25) is 0 Å². The van der Waals surface area contributed by atoms with Crippen molar-refractivity contribution in [3.63, 3.8) is 0 Å². The Balaban J connectivity index is 1.67. The van der Waals surface area contributed by atoms with Crippen LogP contribution in [0.15, 0.2) is 51.8 Å². The molecule has 1 aliphatic heterocycles. The van der Waals surface area contributed by atoms with Crippen LogP contribution in [0.2, 0.25) is 0 Å². The molecule has 1 fully saturated rings. The molecule has 0 aliphatic carbocycles. The molecule has 0 radical (unpaired) electrons. The lowest BCUT2D eigenvalue weighted by atomic mass is 10.0. The summed E-state index contributed by atoms with van der Waals surface area (Å²) in [5.74, 6) is 0.680. The van der Waals surface area contributed by atoms with E-state index in [1.165, 1.54) is 11.0 Å². The Morgan fingerprint density at radius 3 is 2.84 bits per heavy atom. The van der Waals surface area contributed by atoms with E-state index < -0.39 is 0 Å². The maximum absolute atomic E-state index is 14.2. The van der Waals surface area contributed by atoms with Gasteiger partial charge < -0.3 is 9.47 Å². The minimum absolute atomic E-state index is 0.160. The van der Waals surface area contributed by atoms with Crippen LogP contribution in [0.4, 0.5) is 4.39 Å². The van der Waals surface area contributed by atoms with E-state index in [0.717, 1.165) is 23.1 Å². The van der Waals surface area contributed by atoms with Crippen LogP contribution in [-0.4, -0.2) is 18.0 Å². The van der Waals surface area contributed by atoms with Gasteiger partial charge in [-0.1, -0.05) is 28.1 Å². The molecule has 1 heterocycles. The van der Waals surface area contributed by atoms with Gasteiger partial charge >= 0.3 is 0 Å². The molecule has 0 aromatic heterocycles. The van der Waals surface area contributed by atoms with Crippen molar-refractivity contribution in [2.75, 3.05) is 6.61 Å². The summed E-state index contributed by atoms with van der Waals surface area (Å²) in [5.41, 5.74) is 0.644. The first kappa shape index (κ1) is 18.7. The SMILES string of the molecule is CC(C)Oc1cccc(SC2CCOC(c3ccc(Br)cc3F)C2)c1. The van der Waals surface area contributed by atoms with Crippen molar-refractivity contribution >= 4 is 27.7 Å². The Hall–Kier alpha value is -1.04. The van der Waals surface area contributed by atoms with E-state index in [2.05, 4.69) is 28.1 Å². The molecule has 1 saturated heterocycles. The quantitative estimate of drug-likeness (QED) is 0.553. The van der Waals surface area contributed by atoms with Gasteiger partial charge in [0.05, 0.1) is 12.2 Å². The van der Waals surface area contributed by atoms with E-state index in [1.54, 1.807) is 0 Å². The fourth-order valence-electron chi connectivity index (χ4n) is 2.94. The van der Waals surface area contributed by atoms with E-state index in [0.29, 0.717) is 17.4 Å². The predicted octanol–water partition coefficient (Wildman–Crippen LogP) is 6.39. The molecule has 2 nitrogen and oxygen atoms in total. The van der Waals surface area contributed by atoms with Gasteiger partial charge in [0.1, 0.15) is 11.6 Å². The van der Waals surface area contributed by atoms with E-state index in [4.69, 9.17) is 9.47 Å². The largest absolute Gasteiger partial charge is 0.491 e. The molecule has 1 aliphatic rings. The molecule has 0 saturated carbocycles. The lowest BCUT2D eigenvalue weighted by molar-refractivity contribution is 0.0157. The third kappa shape index (κ3) is 5.22. The lowest BCUT2D eigenvalue weighted by Crippen LogP contribution is -2.22. The molecule has 2 aromatic rings. The molecule has 0 N–H and O–H groups in total. The Morgan fingerprint density at radius 2 is 2.08 bits per heavy atom. The predicted molar refractivity (Wildman–Crippen MR) is 104 cm³/mol. The zero-order valence-electron chi connectivity index (χ0n) is 14.4. The second-order valence-electron chi connectivity index (χ2n) is 6.43. The number of hydrogen-bond acceptors (Lipinski definition) is 3. The topological polar surface area (TPSA) is 18.5 Å². The van der Waals surface area contributed by atoms with Gasteiger partial charge in [0.25, 0.3) is 0 Å². The van der Waals surface area contributed by atoms with Crippen molar-refractivity contribution in [2.24, 2.45) is 0 Å². The summed E-state index contributed by atoms with van der Waals surface area (Å²) in [6.07, 6.45) is 1.75. The van der Waals surface area contributed by atoms with E-state index in [-0.39, 0.29) is 18.0 Å². The standard InChI is InChI=1S/C20H22BrFO2S/c1-13(2)24-15-4-3-5-16(11-15)25-17-8-9-23-20(12-17)18-7-6-14(21)10-19(18)22/h3-7,10-11,13,17,20H,8-9,12H2,1-2H3. The van der Waals surface area contributed by atoms with Crippen molar-refractivity contribution in [1.82, 2.24) is 0 Å². The summed E-state index contributed by atoms with van der Waals surface area (Å²) in [6.45, 7) is 4.70. The summed E-state index contributed by atoms with van der Waals surface area (Å²) >= 11 is 5.12. The van der Waals surface area contributed by atoms with Crippen LogP contribution in [0.3, 0.4) is 0 Å². The second kappa shape index (κ2) is 8.56. The average molecular weight is 425 g/mol. The van der Waals surface area contributed by atoms with E-state index in [9.17, 15) is 4.39 Å². The van der Waals surface area contributed by atoms with Crippen molar-refractivity contribution in [2.45, 2.75) is 49.0 Å². The fourth-order valence-corrected chi connectivity index (χ4v) is 4.48. The molecule has 25 heavy (non-hydrogen) atoms. The first-order valence-corrected chi connectivity index (χ1v) is 10.2. The van der Waals surface area contributed by atoms with Gasteiger partial charge in [0.2, 0.25) is 0 Å². The van der Waals surface area contributed by atoms with Crippen molar-refractivity contribution in [3.05, 3.63) is 58.3 Å².